The number of carbonyl (C=O) groups is 1. The Labute approximate surface area is 170 Å². The lowest BCUT2D eigenvalue weighted by molar-refractivity contribution is -0.120. The number of aromatic nitrogens is 2. The molecule has 1 amide bonds. The van der Waals surface area contributed by atoms with Gasteiger partial charge in [-0.05, 0) is 61.9 Å². The second kappa shape index (κ2) is 8.55. The number of aromatic amines is 1. The van der Waals surface area contributed by atoms with Crippen molar-refractivity contribution in [2.24, 2.45) is 0 Å². The molecule has 0 spiro atoms. The molecule has 0 saturated heterocycles. The number of hydrogen-bond donors (Lipinski definition) is 1. The molecule has 1 aliphatic heterocycles. The van der Waals surface area contributed by atoms with E-state index in [0.717, 1.165) is 61.3 Å². The summed E-state index contributed by atoms with van der Waals surface area (Å²) < 4.78 is 11.3. The minimum atomic E-state index is 0.0477. The number of fused-ring (bicyclic) bond motifs is 2. The molecule has 4 rings (SSSR count). The number of para-hydroxylation sites is 1. The number of amides is 1. The predicted molar refractivity (Wildman–Crippen MR) is 112 cm³/mol. The molecule has 152 valence electrons. The van der Waals surface area contributed by atoms with Crippen LogP contribution in [0.3, 0.4) is 0 Å². The molecular weight excluding hydrogens is 366 g/mol. The van der Waals surface area contributed by atoms with E-state index in [-0.39, 0.29) is 6.04 Å². The van der Waals surface area contributed by atoms with E-state index in [0.29, 0.717) is 6.61 Å². The predicted octanol–water partition coefficient (Wildman–Crippen LogP) is 4.05. The lowest BCUT2D eigenvalue weighted by Crippen LogP contribution is -2.34. The normalized spacial score (nSPS) is 15.9. The maximum Gasteiger partial charge on any atom is 0.210 e. The third kappa shape index (κ3) is 3.79. The van der Waals surface area contributed by atoms with Gasteiger partial charge < -0.3 is 14.4 Å². The third-order valence-electron chi connectivity index (χ3n) is 5.70. The minimum Gasteiger partial charge on any atom is -0.493 e. The summed E-state index contributed by atoms with van der Waals surface area (Å²) in [6.45, 7) is 3.26. The van der Waals surface area contributed by atoms with Crippen molar-refractivity contribution < 1.29 is 14.3 Å². The van der Waals surface area contributed by atoms with Crippen LogP contribution in [0.4, 0.5) is 0 Å². The molecule has 0 fully saturated rings. The van der Waals surface area contributed by atoms with Gasteiger partial charge in [0.2, 0.25) is 6.41 Å². The minimum absolute atomic E-state index is 0.0477. The average molecular weight is 393 g/mol. The van der Waals surface area contributed by atoms with Crippen molar-refractivity contribution >= 4 is 17.3 Å². The van der Waals surface area contributed by atoms with Gasteiger partial charge in [0, 0.05) is 11.9 Å². The molecule has 1 N–H and O–H groups in total. The maximum atomic E-state index is 11.7. The first-order valence-corrected chi connectivity index (χ1v) is 10.2. The van der Waals surface area contributed by atoms with Gasteiger partial charge in [0.1, 0.15) is 0 Å². The van der Waals surface area contributed by atoms with Crippen LogP contribution in [0.15, 0.2) is 36.4 Å². The Bertz CT molecular complexity index is 998. The van der Waals surface area contributed by atoms with Gasteiger partial charge in [-0.25, -0.2) is 0 Å². The van der Waals surface area contributed by atoms with Crippen LogP contribution in [0.5, 0.6) is 11.5 Å². The number of aryl methyl sites for hydroxylation is 1. The summed E-state index contributed by atoms with van der Waals surface area (Å²) in [7, 11) is 1.66. The van der Waals surface area contributed by atoms with Gasteiger partial charge >= 0.3 is 0 Å². The van der Waals surface area contributed by atoms with E-state index in [2.05, 4.69) is 28.4 Å². The Morgan fingerprint density at radius 2 is 2.14 bits per heavy atom. The van der Waals surface area contributed by atoms with E-state index in [9.17, 15) is 4.79 Å². The zero-order valence-corrected chi connectivity index (χ0v) is 17.0. The number of H-pyrrole nitrogens is 1. The first kappa shape index (κ1) is 19.3. The quantitative estimate of drug-likeness (QED) is 0.586. The van der Waals surface area contributed by atoms with Gasteiger partial charge in [0.05, 0.1) is 31.0 Å². The van der Waals surface area contributed by atoms with Crippen LogP contribution < -0.4 is 9.47 Å². The molecule has 6 nitrogen and oxygen atoms in total. The Hall–Kier alpha value is -3.02. The molecule has 29 heavy (non-hydrogen) atoms. The fraction of sp³-hybridized carbons (Fsp3) is 0.391. The van der Waals surface area contributed by atoms with E-state index in [1.807, 2.05) is 30.0 Å². The van der Waals surface area contributed by atoms with E-state index in [1.54, 1.807) is 7.11 Å². The highest BCUT2D eigenvalue weighted by atomic mass is 16.5. The van der Waals surface area contributed by atoms with Gasteiger partial charge in [0.25, 0.3) is 0 Å². The summed E-state index contributed by atoms with van der Waals surface area (Å²) in [5, 5.41) is 8.75. The number of nitrogens with zero attached hydrogens (tertiary/aromatic N) is 2. The van der Waals surface area contributed by atoms with Crippen LogP contribution >= 0.6 is 0 Å². The number of ether oxygens (including phenoxy) is 2. The molecule has 1 atom stereocenters. The van der Waals surface area contributed by atoms with Gasteiger partial charge in [-0.2, -0.15) is 5.10 Å². The Balaban J connectivity index is 1.55. The first-order valence-electron chi connectivity index (χ1n) is 10.2. The highest BCUT2D eigenvalue weighted by Crippen LogP contribution is 2.39. The standard InChI is InChI=1S/C23H27N3O3/c1-3-29-23-14-18-16(13-22(23)28-2)11-12-26(15-27)21(18)10-6-9-20-17-7-4-5-8-19(17)24-25-20/h4-5,7-8,13-15,21H,3,6,9-12H2,1-2H3,(H,24,25)/t21-/m0/s1. The van der Waals surface area contributed by atoms with Crippen LogP contribution in [0.1, 0.15) is 42.6 Å². The van der Waals surface area contributed by atoms with E-state index in [1.165, 1.54) is 16.5 Å². The van der Waals surface area contributed by atoms with Crippen LogP contribution in [0.25, 0.3) is 10.9 Å². The second-order valence-electron chi connectivity index (χ2n) is 7.35. The highest BCUT2D eigenvalue weighted by molar-refractivity contribution is 5.81. The summed E-state index contributed by atoms with van der Waals surface area (Å²) in [6.07, 6.45) is 4.50. The maximum absolute atomic E-state index is 11.7. The largest absolute Gasteiger partial charge is 0.493 e. The van der Waals surface area contributed by atoms with Crippen LogP contribution in [0, 0.1) is 0 Å². The Morgan fingerprint density at radius 1 is 1.28 bits per heavy atom. The summed E-state index contributed by atoms with van der Waals surface area (Å²) in [4.78, 5) is 13.6. The third-order valence-corrected chi connectivity index (χ3v) is 5.70. The molecule has 0 radical (unpaired) electrons. The molecule has 0 unspecified atom stereocenters. The van der Waals surface area contributed by atoms with Gasteiger partial charge in [-0.15, -0.1) is 0 Å². The average Bonchev–Trinajstić information content (AvgIpc) is 3.17. The molecule has 2 heterocycles. The lowest BCUT2D eigenvalue weighted by Gasteiger charge is -2.35. The number of carbonyl (C=O) groups excluding carboxylic acids is 1. The fourth-order valence-electron chi connectivity index (χ4n) is 4.28. The summed E-state index contributed by atoms with van der Waals surface area (Å²) in [6, 6.07) is 12.4. The molecule has 1 aromatic heterocycles. The smallest absolute Gasteiger partial charge is 0.210 e. The van der Waals surface area contributed by atoms with Crippen molar-refractivity contribution in [1.82, 2.24) is 15.1 Å². The van der Waals surface area contributed by atoms with Gasteiger partial charge in [-0.3, -0.25) is 9.89 Å². The Morgan fingerprint density at radius 3 is 2.93 bits per heavy atom. The topological polar surface area (TPSA) is 67.5 Å². The lowest BCUT2D eigenvalue weighted by atomic mass is 9.89. The molecule has 0 aliphatic carbocycles. The van der Waals surface area contributed by atoms with Crippen molar-refractivity contribution in [3.63, 3.8) is 0 Å². The summed E-state index contributed by atoms with van der Waals surface area (Å²) in [5.41, 5.74) is 4.55. The summed E-state index contributed by atoms with van der Waals surface area (Å²) in [5.74, 6) is 1.50. The monoisotopic (exact) mass is 393 g/mol. The molecule has 6 heteroatoms. The summed E-state index contributed by atoms with van der Waals surface area (Å²) >= 11 is 0. The fourth-order valence-corrected chi connectivity index (χ4v) is 4.28. The first-order chi connectivity index (χ1) is 14.2. The molecule has 0 bridgehead atoms. The van der Waals surface area contributed by atoms with Crippen LogP contribution in [-0.4, -0.2) is 41.8 Å². The number of benzene rings is 2. The van der Waals surface area contributed by atoms with Gasteiger partial charge in [0.15, 0.2) is 11.5 Å². The number of rotatable bonds is 8. The van der Waals surface area contributed by atoms with Crippen molar-refractivity contribution in [3.8, 4) is 11.5 Å². The van der Waals surface area contributed by atoms with E-state index < -0.39 is 0 Å². The SMILES string of the molecule is CCOc1cc2c(cc1OC)CCN(C=O)[C@H]2CCCc1n[nH]c2ccccc12. The number of nitrogens with one attached hydrogen (secondary N) is 1. The van der Waals surface area contributed by atoms with Crippen molar-refractivity contribution in [2.75, 3.05) is 20.3 Å². The number of hydrogen-bond acceptors (Lipinski definition) is 4. The molecule has 2 aromatic carbocycles. The number of methoxy groups -OCH3 is 1. The second-order valence-corrected chi connectivity index (χ2v) is 7.35. The van der Waals surface area contributed by atoms with Crippen molar-refractivity contribution in [2.45, 2.75) is 38.6 Å². The van der Waals surface area contributed by atoms with Gasteiger partial charge in [-0.1, -0.05) is 18.2 Å². The molecule has 3 aromatic rings. The van der Waals surface area contributed by atoms with Crippen LogP contribution in [0.2, 0.25) is 0 Å². The zero-order chi connectivity index (χ0) is 20.2. The molecule has 1 aliphatic rings. The van der Waals surface area contributed by atoms with Crippen molar-refractivity contribution in [3.05, 3.63) is 53.2 Å². The van der Waals surface area contributed by atoms with Crippen LogP contribution in [-0.2, 0) is 17.6 Å². The molecule has 0 saturated carbocycles. The van der Waals surface area contributed by atoms with E-state index >= 15 is 0 Å². The van der Waals surface area contributed by atoms with Crippen molar-refractivity contribution in [1.29, 1.82) is 0 Å². The molecular formula is C23H27N3O3. The Kier molecular flexibility index (Phi) is 5.69. The van der Waals surface area contributed by atoms with E-state index in [4.69, 9.17) is 9.47 Å². The zero-order valence-electron chi connectivity index (χ0n) is 17.0. The highest BCUT2D eigenvalue weighted by Gasteiger charge is 2.28.